The summed E-state index contributed by atoms with van der Waals surface area (Å²) < 4.78 is 11.5. The van der Waals surface area contributed by atoms with Crippen molar-refractivity contribution in [3.63, 3.8) is 0 Å². The van der Waals surface area contributed by atoms with E-state index >= 15 is 0 Å². The number of esters is 1. The Bertz CT molecular complexity index is 718. The Kier molecular flexibility index (Phi) is 8.87. The Morgan fingerprint density at radius 2 is 1.72 bits per heavy atom. The van der Waals surface area contributed by atoms with Gasteiger partial charge in [0.15, 0.2) is 6.61 Å². The summed E-state index contributed by atoms with van der Waals surface area (Å²) in [5.41, 5.74) is 2.02. The zero-order chi connectivity index (χ0) is 24.2. The van der Waals surface area contributed by atoms with Gasteiger partial charge in [-0.25, -0.2) is 4.79 Å². The molecule has 3 nitrogen and oxygen atoms in total. The van der Waals surface area contributed by atoms with Crippen molar-refractivity contribution in [3.8, 4) is 5.75 Å². The Labute approximate surface area is 197 Å². The number of carbonyl (C=O) groups excluding carboxylic acids is 1. The van der Waals surface area contributed by atoms with Crippen LogP contribution < -0.4 is 4.74 Å². The fourth-order valence-corrected chi connectivity index (χ4v) is 5.22. The van der Waals surface area contributed by atoms with E-state index in [0.29, 0.717) is 11.8 Å². The molecule has 2 rings (SSSR count). The predicted molar refractivity (Wildman–Crippen MR) is 134 cm³/mol. The van der Waals surface area contributed by atoms with Crippen molar-refractivity contribution in [2.45, 2.75) is 113 Å². The van der Waals surface area contributed by atoms with Crippen molar-refractivity contribution in [2.24, 2.45) is 22.2 Å². The summed E-state index contributed by atoms with van der Waals surface area (Å²) in [5.74, 6) is 1.57. The van der Waals surface area contributed by atoms with Gasteiger partial charge in [0, 0.05) is 0 Å². The van der Waals surface area contributed by atoms with Crippen molar-refractivity contribution in [1.29, 1.82) is 0 Å². The van der Waals surface area contributed by atoms with Gasteiger partial charge in [-0.3, -0.25) is 0 Å². The van der Waals surface area contributed by atoms with Crippen molar-refractivity contribution >= 4 is 5.97 Å². The molecule has 0 amide bonds. The van der Waals surface area contributed by atoms with Crippen LogP contribution in [0.4, 0.5) is 0 Å². The molecule has 1 aliphatic carbocycles. The number of ether oxygens (including phenoxy) is 2. The summed E-state index contributed by atoms with van der Waals surface area (Å²) in [7, 11) is 0. The van der Waals surface area contributed by atoms with Crippen LogP contribution in [0.25, 0.3) is 0 Å². The molecule has 1 fully saturated rings. The number of benzene rings is 1. The van der Waals surface area contributed by atoms with Crippen LogP contribution in [0, 0.1) is 22.2 Å². The van der Waals surface area contributed by atoms with Gasteiger partial charge in [0.05, 0.1) is 0 Å². The van der Waals surface area contributed by atoms with Crippen LogP contribution in [0.1, 0.15) is 112 Å². The zero-order valence-corrected chi connectivity index (χ0v) is 22.2. The normalized spacial score (nSPS) is 21.9. The first kappa shape index (κ1) is 26.7. The molecule has 3 unspecified atom stereocenters. The largest absolute Gasteiger partial charge is 0.482 e. The molecule has 3 heteroatoms. The van der Waals surface area contributed by atoms with Crippen LogP contribution in [0.15, 0.2) is 24.3 Å². The van der Waals surface area contributed by atoms with Gasteiger partial charge < -0.3 is 9.47 Å². The van der Waals surface area contributed by atoms with Crippen LogP contribution in [-0.4, -0.2) is 18.7 Å². The molecule has 0 aromatic heterocycles. The third-order valence-electron chi connectivity index (χ3n) is 7.11. The van der Waals surface area contributed by atoms with Crippen molar-refractivity contribution < 1.29 is 14.3 Å². The number of carbonyl (C=O) groups is 1. The average Bonchev–Trinajstić information content (AvgIpc) is 2.94. The summed E-state index contributed by atoms with van der Waals surface area (Å²) in [6.07, 6.45) is 6.77. The second kappa shape index (κ2) is 10.6. The van der Waals surface area contributed by atoms with Gasteiger partial charge in [-0.1, -0.05) is 87.3 Å². The molecule has 1 saturated carbocycles. The van der Waals surface area contributed by atoms with E-state index in [4.69, 9.17) is 9.47 Å². The zero-order valence-electron chi connectivity index (χ0n) is 22.2. The van der Waals surface area contributed by atoms with E-state index in [1.807, 2.05) is 12.1 Å². The van der Waals surface area contributed by atoms with Crippen LogP contribution >= 0.6 is 0 Å². The van der Waals surface area contributed by atoms with Crippen molar-refractivity contribution in [3.05, 3.63) is 29.8 Å². The van der Waals surface area contributed by atoms with Gasteiger partial charge in [0.1, 0.15) is 11.9 Å². The average molecular weight is 445 g/mol. The lowest BCUT2D eigenvalue weighted by atomic mass is 9.69. The van der Waals surface area contributed by atoms with Crippen molar-refractivity contribution in [1.82, 2.24) is 0 Å². The van der Waals surface area contributed by atoms with E-state index in [9.17, 15) is 4.79 Å². The van der Waals surface area contributed by atoms with Crippen LogP contribution in [-0.2, 0) is 9.53 Å². The standard InChI is InChI=1S/C29H48O3/c1-10-11-12-22-17-24(18-29(22,8)9)32-26(30)20-31-23-15-13-21(14-16-23)25(28(5,6)7)19-27(2,3)4/h13-16,22,24-25H,10-12,17-20H2,1-9H3. The molecule has 32 heavy (non-hydrogen) atoms. The number of unbranched alkanes of at least 4 members (excludes halogenated alkanes) is 1. The molecule has 0 spiro atoms. The Morgan fingerprint density at radius 3 is 2.25 bits per heavy atom. The third-order valence-corrected chi connectivity index (χ3v) is 7.11. The Morgan fingerprint density at radius 1 is 1.09 bits per heavy atom. The molecule has 1 aromatic carbocycles. The fourth-order valence-electron chi connectivity index (χ4n) is 5.22. The molecular formula is C29H48O3. The summed E-state index contributed by atoms with van der Waals surface area (Å²) in [6, 6.07) is 8.28. The van der Waals surface area contributed by atoms with Gasteiger partial charge in [0.25, 0.3) is 0 Å². The van der Waals surface area contributed by atoms with Crippen LogP contribution in [0.5, 0.6) is 5.75 Å². The number of hydrogen-bond acceptors (Lipinski definition) is 3. The van der Waals surface area contributed by atoms with Crippen LogP contribution in [0.3, 0.4) is 0 Å². The smallest absolute Gasteiger partial charge is 0.344 e. The molecule has 0 heterocycles. The highest BCUT2D eigenvalue weighted by Crippen LogP contribution is 2.46. The van der Waals surface area contributed by atoms with E-state index in [1.54, 1.807) is 0 Å². The van der Waals surface area contributed by atoms with Gasteiger partial charge >= 0.3 is 5.97 Å². The first-order valence-electron chi connectivity index (χ1n) is 12.6. The predicted octanol–water partition coefficient (Wildman–Crippen LogP) is 8.17. The van der Waals surface area contributed by atoms with E-state index in [2.05, 4.69) is 74.4 Å². The molecule has 0 bridgehead atoms. The van der Waals surface area contributed by atoms with Gasteiger partial charge in [-0.05, 0) is 71.5 Å². The monoisotopic (exact) mass is 444 g/mol. The minimum atomic E-state index is -0.258. The second-order valence-corrected chi connectivity index (χ2v) is 12.9. The maximum absolute atomic E-state index is 12.4. The van der Waals surface area contributed by atoms with E-state index in [0.717, 1.165) is 25.0 Å². The Balaban J connectivity index is 1.90. The molecule has 3 atom stereocenters. The number of rotatable bonds is 9. The lowest BCUT2D eigenvalue weighted by Crippen LogP contribution is -2.24. The van der Waals surface area contributed by atoms with Crippen molar-refractivity contribution in [2.75, 3.05) is 6.61 Å². The minimum absolute atomic E-state index is 0.0234. The molecule has 0 aliphatic heterocycles. The Hall–Kier alpha value is -1.51. The third kappa shape index (κ3) is 8.12. The highest BCUT2D eigenvalue weighted by atomic mass is 16.6. The van der Waals surface area contributed by atoms with E-state index in [-0.39, 0.29) is 34.9 Å². The minimum Gasteiger partial charge on any atom is -0.482 e. The molecule has 0 N–H and O–H groups in total. The lowest BCUT2D eigenvalue weighted by molar-refractivity contribution is -0.151. The molecule has 1 aromatic rings. The fraction of sp³-hybridized carbons (Fsp3) is 0.759. The SMILES string of the molecule is CCCCC1CC(OC(=O)COc2ccc(C(CC(C)(C)C)C(C)(C)C)cc2)CC1(C)C. The summed E-state index contributed by atoms with van der Waals surface area (Å²) in [5, 5.41) is 0. The summed E-state index contributed by atoms with van der Waals surface area (Å²) >= 11 is 0. The van der Waals surface area contributed by atoms with E-state index < -0.39 is 0 Å². The summed E-state index contributed by atoms with van der Waals surface area (Å²) in [4.78, 5) is 12.4. The first-order valence-corrected chi connectivity index (χ1v) is 12.6. The number of hydrogen-bond donors (Lipinski definition) is 0. The molecule has 1 aliphatic rings. The van der Waals surface area contributed by atoms with Gasteiger partial charge in [0.2, 0.25) is 0 Å². The maximum atomic E-state index is 12.4. The van der Waals surface area contributed by atoms with Crippen LogP contribution in [0.2, 0.25) is 0 Å². The summed E-state index contributed by atoms with van der Waals surface area (Å²) in [6.45, 7) is 20.6. The molecule has 0 radical (unpaired) electrons. The lowest BCUT2D eigenvalue weighted by Gasteiger charge is -2.36. The topological polar surface area (TPSA) is 35.5 Å². The van der Waals surface area contributed by atoms with Gasteiger partial charge in [-0.2, -0.15) is 0 Å². The molecular weight excluding hydrogens is 396 g/mol. The maximum Gasteiger partial charge on any atom is 0.344 e. The second-order valence-electron chi connectivity index (χ2n) is 12.9. The molecule has 0 saturated heterocycles. The van der Waals surface area contributed by atoms with Gasteiger partial charge in [-0.15, -0.1) is 0 Å². The quantitative estimate of drug-likeness (QED) is 0.360. The highest BCUT2D eigenvalue weighted by Gasteiger charge is 2.41. The van der Waals surface area contributed by atoms with E-state index in [1.165, 1.54) is 24.8 Å². The highest BCUT2D eigenvalue weighted by molar-refractivity contribution is 5.71. The molecule has 182 valence electrons. The first-order chi connectivity index (χ1) is 14.7.